The van der Waals surface area contributed by atoms with Gasteiger partial charge in [-0.15, -0.1) is 0 Å². The number of nitrogen functional groups attached to an aromatic ring is 1. The van der Waals surface area contributed by atoms with Gasteiger partial charge in [0.25, 0.3) is 0 Å². The smallest absolute Gasteiger partial charge is 0.129 e. The fraction of sp³-hybridized carbons (Fsp3) is 0.0714. The molecule has 0 aliphatic carbocycles. The number of halogens is 2. The zero-order valence-corrected chi connectivity index (χ0v) is 12.9. The van der Waals surface area contributed by atoms with Crippen molar-refractivity contribution in [2.75, 3.05) is 5.73 Å². The first-order valence-corrected chi connectivity index (χ1v) is 7.58. The van der Waals surface area contributed by atoms with E-state index in [4.69, 9.17) is 28.9 Å². The molecule has 102 valence electrons. The second kappa shape index (κ2) is 5.13. The van der Waals surface area contributed by atoms with E-state index in [0.717, 1.165) is 22.4 Å². The summed E-state index contributed by atoms with van der Waals surface area (Å²) in [7, 11) is 1.83. The van der Waals surface area contributed by atoms with E-state index >= 15 is 0 Å². The summed E-state index contributed by atoms with van der Waals surface area (Å²) >= 11 is 13.7. The Balaban J connectivity index is 2.25. The van der Waals surface area contributed by atoms with E-state index in [1.807, 2.05) is 36.0 Å². The van der Waals surface area contributed by atoms with Gasteiger partial charge in [0.1, 0.15) is 11.5 Å². The van der Waals surface area contributed by atoms with E-state index in [9.17, 15) is 0 Å². The predicted octanol–water partition coefficient (Wildman–Crippen LogP) is 4.70. The molecule has 0 radical (unpaired) electrons. The number of aromatic nitrogens is 2. The van der Waals surface area contributed by atoms with Gasteiger partial charge >= 0.3 is 0 Å². The normalized spacial score (nSPS) is 10.9. The minimum Gasteiger partial charge on any atom is -0.383 e. The maximum absolute atomic E-state index is 6.16. The van der Waals surface area contributed by atoms with Crippen LogP contribution in [0.3, 0.4) is 0 Å². The van der Waals surface area contributed by atoms with Crippen molar-refractivity contribution in [2.24, 2.45) is 7.05 Å². The summed E-state index contributed by atoms with van der Waals surface area (Å²) in [5.41, 5.74) is 9.84. The Morgan fingerprint density at radius 1 is 1.15 bits per heavy atom. The van der Waals surface area contributed by atoms with Gasteiger partial charge in [0.15, 0.2) is 0 Å². The van der Waals surface area contributed by atoms with Gasteiger partial charge in [0.05, 0.1) is 15.6 Å². The third-order valence-electron chi connectivity index (χ3n) is 3.09. The molecule has 3 nitrogen and oxygen atoms in total. The Morgan fingerprint density at radius 3 is 2.60 bits per heavy atom. The summed E-state index contributed by atoms with van der Waals surface area (Å²) in [6.45, 7) is 0. The van der Waals surface area contributed by atoms with E-state index in [1.54, 1.807) is 22.1 Å². The summed E-state index contributed by atoms with van der Waals surface area (Å²) in [6, 6.07) is 7.50. The number of anilines is 1. The molecule has 3 aromatic rings. The molecule has 0 spiro atoms. The SMILES string of the molecule is Cn1nc(-c2ccsc2)c(-c2ccc(Cl)c(Cl)c2)c1N. The molecule has 6 heteroatoms. The minimum atomic E-state index is 0.503. The Bertz CT molecular complexity index is 763. The highest BCUT2D eigenvalue weighted by Gasteiger charge is 2.18. The number of hydrogen-bond donors (Lipinski definition) is 1. The molecule has 0 bridgehead atoms. The van der Waals surface area contributed by atoms with Crippen LogP contribution in [0.5, 0.6) is 0 Å². The molecular formula is C14H11Cl2N3S. The van der Waals surface area contributed by atoms with E-state index in [-0.39, 0.29) is 0 Å². The van der Waals surface area contributed by atoms with Crippen LogP contribution in [0.4, 0.5) is 5.82 Å². The van der Waals surface area contributed by atoms with Crippen LogP contribution in [-0.2, 0) is 7.05 Å². The van der Waals surface area contributed by atoms with Crippen molar-refractivity contribution in [3.63, 3.8) is 0 Å². The van der Waals surface area contributed by atoms with Gasteiger partial charge in [-0.1, -0.05) is 29.3 Å². The lowest BCUT2D eigenvalue weighted by Gasteiger charge is -2.05. The van der Waals surface area contributed by atoms with Gasteiger partial charge in [0, 0.05) is 18.0 Å². The Hall–Kier alpha value is -1.49. The summed E-state index contributed by atoms with van der Waals surface area (Å²) in [5, 5.41) is 9.59. The van der Waals surface area contributed by atoms with Crippen LogP contribution in [0.1, 0.15) is 0 Å². The van der Waals surface area contributed by atoms with Crippen LogP contribution in [0.15, 0.2) is 35.0 Å². The first-order chi connectivity index (χ1) is 9.58. The number of rotatable bonds is 2. The lowest BCUT2D eigenvalue weighted by molar-refractivity contribution is 0.782. The summed E-state index contributed by atoms with van der Waals surface area (Å²) < 4.78 is 1.67. The van der Waals surface area contributed by atoms with E-state index in [0.29, 0.717) is 15.9 Å². The molecule has 20 heavy (non-hydrogen) atoms. The second-order valence-corrected chi connectivity index (χ2v) is 5.97. The van der Waals surface area contributed by atoms with Crippen molar-refractivity contribution >= 4 is 40.4 Å². The molecule has 0 fully saturated rings. The first-order valence-electron chi connectivity index (χ1n) is 5.88. The van der Waals surface area contributed by atoms with Gasteiger partial charge in [-0.3, -0.25) is 4.68 Å². The standard InChI is InChI=1S/C14H11Cl2N3S/c1-19-14(17)12(8-2-3-10(15)11(16)6-8)13(18-19)9-4-5-20-7-9/h2-7H,17H2,1H3. The van der Waals surface area contributed by atoms with Crippen molar-refractivity contribution in [2.45, 2.75) is 0 Å². The number of benzene rings is 1. The van der Waals surface area contributed by atoms with Gasteiger partial charge in [-0.05, 0) is 29.1 Å². The van der Waals surface area contributed by atoms with Gasteiger partial charge in [-0.2, -0.15) is 16.4 Å². The average molecular weight is 324 g/mol. The molecule has 0 aliphatic heterocycles. The number of nitrogens with two attached hydrogens (primary N) is 1. The molecular weight excluding hydrogens is 313 g/mol. The van der Waals surface area contributed by atoms with E-state index in [1.165, 1.54) is 0 Å². The molecule has 2 heterocycles. The number of thiophene rings is 1. The largest absolute Gasteiger partial charge is 0.383 e. The molecule has 0 aliphatic rings. The second-order valence-electron chi connectivity index (χ2n) is 4.37. The maximum atomic E-state index is 6.16. The molecule has 2 aromatic heterocycles. The van der Waals surface area contributed by atoms with Crippen molar-refractivity contribution < 1.29 is 0 Å². The number of nitrogens with zero attached hydrogens (tertiary/aromatic N) is 2. The lowest BCUT2D eigenvalue weighted by atomic mass is 10.0. The molecule has 0 saturated carbocycles. The summed E-state index contributed by atoms with van der Waals surface area (Å²) in [4.78, 5) is 0. The van der Waals surface area contributed by atoms with E-state index < -0.39 is 0 Å². The maximum Gasteiger partial charge on any atom is 0.129 e. The topological polar surface area (TPSA) is 43.8 Å². The number of aryl methyl sites for hydroxylation is 1. The van der Waals surface area contributed by atoms with Crippen LogP contribution in [0, 0.1) is 0 Å². The Kier molecular flexibility index (Phi) is 3.46. The minimum absolute atomic E-state index is 0.503. The highest BCUT2D eigenvalue weighted by Crippen LogP contribution is 2.38. The number of hydrogen-bond acceptors (Lipinski definition) is 3. The molecule has 3 rings (SSSR count). The van der Waals surface area contributed by atoms with Gasteiger partial charge in [0.2, 0.25) is 0 Å². The predicted molar refractivity (Wildman–Crippen MR) is 86.4 cm³/mol. The van der Waals surface area contributed by atoms with Gasteiger partial charge < -0.3 is 5.73 Å². The Morgan fingerprint density at radius 2 is 1.95 bits per heavy atom. The third kappa shape index (κ3) is 2.20. The fourth-order valence-electron chi connectivity index (χ4n) is 2.07. The highest BCUT2D eigenvalue weighted by atomic mass is 35.5. The molecule has 2 N–H and O–H groups in total. The van der Waals surface area contributed by atoms with Crippen molar-refractivity contribution in [1.29, 1.82) is 0 Å². The van der Waals surface area contributed by atoms with Crippen molar-refractivity contribution in [3.8, 4) is 22.4 Å². The average Bonchev–Trinajstić information content (AvgIpc) is 3.03. The van der Waals surface area contributed by atoms with Crippen molar-refractivity contribution in [3.05, 3.63) is 45.1 Å². The lowest BCUT2D eigenvalue weighted by Crippen LogP contribution is -1.98. The molecule has 1 aromatic carbocycles. The molecule has 0 atom stereocenters. The monoisotopic (exact) mass is 323 g/mol. The van der Waals surface area contributed by atoms with E-state index in [2.05, 4.69) is 5.10 Å². The van der Waals surface area contributed by atoms with Crippen LogP contribution < -0.4 is 5.73 Å². The zero-order valence-electron chi connectivity index (χ0n) is 10.6. The van der Waals surface area contributed by atoms with Crippen LogP contribution in [0.25, 0.3) is 22.4 Å². The molecule has 0 saturated heterocycles. The van der Waals surface area contributed by atoms with Crippen LogP contribution in [-0.4, -0.2) is 9.78 Å². The first kappa shape index (κ1) is 13.5. The molecule has 0 unspecified atom stereocenters. The zero-order chi connectivity index (χ0) is 14.3. The van der Waals surface area contributed by atoms with Crippen LogP contribution >= 0.6 is 34.5 Å². The highest BCUT2D eigenvalue weighted by molar-refractivity contribution is 7.08. The molecule has 0 amide bonds. The quantitative estimate of drug-likeness (QED) is 0.742. The van der Waals surface area contributed by atoms with Crippen LogP contribution in [0.2, 0.25) is 10.0 Å². The third-order valence-corrected chi connectivity index (χ3v) is 4.52. The summed E-state index contributed by atoms with van der Waals surface area (Å²) in [6.07, 6.45) is 0. The summed E-state index contributed by atoms with van der Waals surface area (Å²) in [5.74, 6) is 0.601. The van der Waals surface area contributed by atoms with Gasteiger partial charge in [-0.25, -0.2) is 0 Å². The fourth-order valence-corrected chi connectivity index (χ4v) is 3.01. The van der Waals surface area contributed by atoms with Crippen molar-refractivity contribution in [1.82, 2.24) is 9.78 Å². The Labute approximate surface area is 130 Å².